The maximum atomic E-state index is 12.8. The van der Waals surface area contributed by atoms with Crippen LogP contribution in [-0.4, -0.2) is 40.4 Å². The molecule has 5 nitrogen and oxygen atoms in total. The molecule has 1 amide bonds. The summed E-state index contributed by atoms with van der Waals surface area (Å²) in [6.45, 7) is 3.09. The van der Waals surface area contributed by atoms with Gasteiger partial charge in [0.15, 0.2) is 0 Å². The lowest BCUT2D eigenvalue weighted by atomic mass is 9.88. The van der Waals surface area contributed by atoms with Crippen LogP contribution in [0.15, 0.2) is 79.1 Å². The second-order valence-electron chi connectivity index (χ2n) is 7.86. The Kier molecular flexibility index (Phi) is 6.83. The first kappa shape index (κ1) is 20.2. The summed E-state index contributed by atoms with van der Waals surface area (Å²) in [7, 11) is 0. The Morgan fingerprint density at radius 2 is 1.77 bits per heavy atom. The van der Waals surface area contributed by atoms with E-state index >= 15 is 0 Å². The second-order valence-corrected chi connectivity index (χ2v) is 7.86. The van der Waals surface area contributed by atoms with Crippen LogP contribution in [0.5, 0.6) is 0 Å². The third-order valence-electron chi connectivity index (χ3n) is 5.76. The highest BCUT2D eigenvalue weighted by molar-refractivity contribution is 5.92. The van der Waals surface area contributed by atoms with Gasteiger partial charge < -0.3 is 10.2 Å². The summed E-state index contributed by atoms with van der Waals surface area (Å²) < 4.78 is 0. The van der Waals surface area contributed by atoms with E-state index in [0.29, 0.717) is 11.6 Å². The molecule has 30 heavy (non-hydrogen) atoms. The van der Waals surface area contributed by atoms with E-state index in [1.165, 1.54) is 5.56 Å². The van der Waals surface area contributed by atoms with Gasteiger partial charge in [0.2, 0.25) is 0 Å². The van der Waals surface area contributed by atoms with Crippen LogP contribution >= 0.6 is 0 Å². The van der Waals surface area contributed by atoms with Crippen LogP contribution in [0.25, 0.3) is 0 Å². The number of nitrogens with zero attached hydrogens (tertiary/aromatic N) is 3. The van der Waals surface area contributed by atoms with Gasteiger partial charge in [0.25, 0.3) is 5.91 Å². The molecular weight excluding hydrogens is 372 g/mol. The van der Waals surface area contributed by atoms with E-state index in [2.05, 4.69) is 50.5 Å². The molecule has 154 valence electrons. The molecule has 3 heterocycles. The summed E-state index contributed by atoms with van der Waals surface area (Å²) in [6, 6.07) is 21.8. The quantitative estimate of drug-likeness (QED) is 0.653. The number of aromatic nitrogens is 2. The maximum Gasteiger partial charge on any atom is 0.270 e. The van der Waals surface area contributed by atoms with Gasteiger partial charge in [0.1, 0.15) is 5.69 Å². The van der Waals surface area contributed by atoms with Crippen LogP contribution in [0.1, 0.15) is 40.6 Å². The molecule has 3 aromatic rings. The number of benzene rings is 1. The topological polar surface area (TPSA) is 58.1 Å². The van der Waals surface area contributed by atoms with Crippen molar-refractivity contribution >= 4 is 5.91 Å². The van der Waals surface area contributed by atoms with Gasteiger partial charge in [0, 0.05) is 25.5 Å². The van der Waals surface area contributed by atoms with Crippen molar-refractivity contribution < 1.29 is 4.79 Å². The maximum absolute atomic E-state index is 12.8. The standard InChI is InChI=1S/C25H28N4O/c30-25(23-13-5-7-16-27-23)28-24(22-12-4-6-15-26-22)21-11-8-17-29(19-21)18-14-20-9-2-1-3-10-20/h1-7,9-10,12-13,15-16,21,24H,8,11,14,17-19H2,(H,28,30)/t21-,24+/m0/s1. The van der Waals surface area contributed by atoms with Crippen molar-refractivity contribution in [3.63, 3.8) is 0 Å². The molecule has 5 heteroatoms. The Bertz CT molecular complexity index is 918. The molecule has 1 fully saturated rings. The second kappa shape index (κ2) is 10.1. The van der Waals surface area contributed by atoms with E-state index in [4.69, 9.17) is 0 Å². The zero-order valence-corrected chi connectivity index (χ0v) is 17.2. The van der Waals surface area contributed by atoms with Crippen molar-refractivity contribution in [2.24, 2.45) is 5.92 Å². The number of hydrogen-bond donors (Lipinski definition) is 1. The predicted molar refractivity (Wildman–Crippen MR) is 118 cm³/mol. The lowest BCUT2D eigenvalue weighted by Gasteiger charge is -2.37. The normalized spacial score (nSPS) is 17.9. The van der Waals surface area contributed by atoms with E-state index in [0.717, 1.165) is 44.6 Å². The Morgan fingerprint density at radius 3 is 2.50 bits per heavy atom. The van der Waals surface area contributed by atoms with Gasteiger partial charge in [-0.3, -0.25) is 14.8 Å². The number of hydrogen-bond acceptors (Lipinski definition) is 4. The van der Waals surface area contributed by atoms with Crippen LogP contribution in [0, 0.1) is 5.92 Å². The van der Waals surface area contributed by atoms with Gasteiger partial charge in [0.05, 0.1) is 11.7 Å². The summed E-state index contributed by atoms with van der Waals surface area (Å²) in [4.78, 5) is 24.1. The van der Waals surface area contributed by atoms with Crippen LogP contribution in [0.2, 0.25) is 0 Å². The van der Waals surface area contributed by atoms with Crippen LogP contribution in [0.3, 0.4) is 0 Å². The van der Waals surface area contributed by atoms with Gasteiger partial charge in [-0.15, -0.1) is 0 Å². The van der Waals surface area contributed by atoms with Crippen LogP contribution in [-0.2, 0) is 6.42 Å². The molecule has 1 aromatic carbocycles. The average Bonchev–Trinajstić information content (AvgIpc) is 2.83. The molecule has 1 saturated heterocycles. The van der Waals surface area contributed by atoms with Crippen LogP contribution in [0.4, 0.5) is 0 Å². The highest BCUT2D eigenvalue weighted by Crippen LogP contribution is 2.29. The van der Waals surface area contributed by atoms with Crippen LogP contribution < -0.4 is 5.32 Å². The van der Waals surface area contributed by atoms with Gasteiger partial charge in [-0.05, 0) is 61.6 Å². The first-order chi connectivity index (χ1) is 14.8. The Hall–Kier alpha value is -3.05. The van der Waals surface area contributed by atoms with Gasteiger partial charge in [-0.2, -0.15) is 0 Å². The predicted octanol–water partition coefficient (Wildman–Crippen LogP) is 3.90. The molecule has 0 bridgehead atoms. The Morgan fingerprint density at radius 1 is 1.00 bits per heavy atom. The molecule has 2 atom stereocenters. The third kappa shape index (κ3) is 5.30. The van der Waals surface area contributed by atoms with Crippen molar-refractivity contribution in [2.45, 2.75) is 25.3 Å². The lowest BCUT2D eigenvalue weighted by Crippen LogP contribution is -2.44. The average molecular weight is 401 g/mol. The number of carbonyl (C=O) groups excluding carboxylic acids is 1. The van der Waals surface area contributed by atoms with E-state index in [1.807, 2.05) is 30.3 Å². The Balaban J connectivity index is 1.46. The largest absolute Gasteiger partial charge is 0.342 e. The van der Waals surface area contributed by atoms with E-state index in [9.17, 15) is 4.79 Å². The fourth-order valence-electron chi connectivity index (χ4n) is 4.20. The number of carbonyl (C=O) groups is 1. The molecule has 0 spiro atoms. The monoisotopic (exact) mass is 400 g/mol. The van der Waals surface area contributed by atoms with Gasteiger partial charge >= 0.3 is 0 Å². The van der Waals surface area contributed by atoms with Crippen molar-refractivity contribution in [3.05, 3.63) is 96.1 Å². The summed E-state index contributed by atoms with van der Waals surface area (Å²) in [5.41, 5.74) is 2.72. The summed E-state index contributed by atoms with van der Waals surface area (Å²) in [6.07, 6.45) is 6.69. The first-order valence-electron chi connectivity index (χ1n) is 10.7. The van der Waals surface area contributed by atoms with Gasteiger partial charge in [-0.1, -0.05) is 42.5 Å². The third-order valence-corrected chi connectivity index (χ3v) is 5.76. The molecule has 4 rings (SSSR count). The van der Waals surface area contributed by atoms with Crippen molar-refractivity contribution in [1.82, 2.24) is 20.2 Å². The summed E-state index contributed by atoms with van der Waals surface area (Å²) >= 11 is 0. The summed E-state index contributed by atoms with van der Waals surface area (Å²) in [5.74, 6) is 0.171. The minimum atomic E-state index is -0.146. The van der Waals surface area contributed by atoms with E-state index in [1.54, 1.807) is 18.5 Å². The van der Waals surface area contributed by atoms with E-state index < -0.39 is 0 Å². The fraction of sp³-hybridized carbons (Fsp3) is 0.320. The van der Waals surface area contributed by atoms with Gasteiger partial charge in [-0.25, -0.2) is 0 Å². The molecule has 0 aliphatic carbocycles. The van der Waals surface area contributed by atoms with Crippen molar-refractivity contribution in [3.8, 4) is 0 Å². The number of pyridine rings is 2. The highest BCUT2D eigenvalue weighted by atomic mass is 16.1. The number of piperidine rings is 1. The first-order valence-corrected chi connectivity index (χ1v) is 10.7. The summed E-state index contributed by atoms with van der Waals surface area (Å²) in [5, 5.41) is 3.22. The number of likely N-dealkylation sites (tertiary alicyclic amines) is 1. The minimum Gasteiger partial charge on any atom is -0.342 e. The zero-order valence-electron chi connectivity index (χ0n) is 17.2. The number of nitrogens with one attached hydrogen (secondary N) is 1. The molecule has 0 saturated carbocycles. The zero-order chi connectivity index (χ0) is 20.6. The Labute approximate surface area is 178 Å². The number of amides is 1. The number of rotatable bonds is 7. The highest BCUT2D eigenvalue weighted by Gasteiger charge is 2.30. The van der Waals surface area contributed by atoms with Crippen molar-refractivity contribution in [1.29, 1.82) is 0 Å². The lowest BCUT2D eigenvalue weighted by molar-refractivity contribution is 0.0876. The minimum absolute atomic E-state index is 0.125. The smallest absolute Gasteiger partial charge is 0.270 e. The molecule has 1 N–H and O–H groups in total. The SMILES string of the molecule is O=C(N[C@@H](c1ccccn1)[C@H]1CCCN(CCc2ccccc2)C1)c1ccccn1. The molecule has 1 aliphatic heterocycles. The van der Waals surface area contributed by atoms with E-state index in [-0.39, 0.29) is 11.9 Å². The fourth-order valence-corrected chi connectivity index (χ4v) is 4.20. The molecule has 1 aliphatic rings. The van der Waals surface area contributed by atoms with Crippen molar-refractivity contribution in [2.75, 3.05) is 19.6 Å². The molecule has 0 unspecified atom stereocenters. The molecule has 0 radical (unpaired) electrons. The molecular formula is C25H28N4O. The molecule has 2 aromatic heterocycles.